The first-order valence-corrected chi connectivity index (χ1v) is 25.9. The summed E-state index contributed by atoms with van der Waals surface area (Å²) in [4.78, 5) is 84.3. The van der Waals surface area contributed by atoms with Crippen molar-refractivity contribution in [1.29, 1.82) is 0 Å². The van der Waals surface area contributed by atoms with Crippen LogP contribution in [0.2, 0.25) is 0 Å². The number of nitrogens with zero attached hydrogens (tertiary/aromatic N) is 2. The Morgan fingerprint density at radius 1 is 0.792 bits per heavy atom. The molecular formula is C57H81N6O9+. The number of hydrazine groups is 1. The molecule has 3 aromatic rings. The van der Waals surface area contributed by atoms with Gasteiger partial charge in [-0.15, -0.1) is 0 Å². The first-order chi connectivity index (χ1) is 34.3. The molecule has 392 valence electrons. The molecule has 1 saturated heterocycles. The molecule has 6 N–H and O–H groups in total. The van der Waals surface area contributed by atoms with Gasteiger partial charge in [-0.3, -0.25) is 28.8 Å². The minimum absolute atomic E-state index is 0.0169. The normalized spacial score (nSPS) is 16.7. The Bertz CT molecular complexity index is 2310. The number of carbonyl (C=O) groups excluding carboxylic acids is 6. The van der Waals surface area contributed by atoms with Gasteiger partial charge in [-0.05, 0) is 86.1 Å². The monoisotopic (exact) mass is 994 g/mol. The van der Waals surface area contributed by atoms with E-state index in [9.17, 15) is 28.8 Å². The number of quaternary nitrogens is 1. The van der Waals surface area contributed by atoms with Crippen LogP contribution in [-0.2, 0) is 52.9 Å². The van der Waals surface area contributed by atoms with Crippen LogP contribution in [0, 0.1) is 29.1 Å². The van der Waals surface area contributed by atoms with E-state index in [-0.39, 0.29) is 85.6 Å². The van der Waals surface area contributed by atoms with Crippen molar-refractivity contribution < 1.29 is 47.5 Å². The maximum Gasteiger partial charge on any atom is 0.311 e. The van der Waals surface area contributed by atoms with E-state index in [1.165, 1.54) is 11.2 Å². The van der Waals surface area contributed by atoms with Crippen molar-refractivity contribution in [1.82, 2.24) is 15.6 Å². The van der Waals surface area contributed by atoms with Crippen molar-refractivity contribution in [3.8, 4) is 11.5 Å². The van der Waals surface area contributed by atoms with Crippen LogP contribution in [0.3, 0.4) is 0 Å². The highest BCUT2D eigenvalue weighted by Crippen LogP contribution is 2.47. The zero-order chi connectivity index (χ0) is 52.4. The van der Waals surface area contributed by atoms with Crippen LogP contribution in [0.5, 0.6) is 11.5 Å². The van der Waals surface area contributed by atoms with E-state index in [0.717, 1.165) is 29.5 Å². The molecule has 0 bridgehead atoms. The van der Waals surface area contributed by atoms with Gasteiger partial charge in [0, 0.05) is 55.3 Å². The van der Waals surface area contributed by atoms with Gasteiger partial charge in [-0.2, -0.15) is 0 Å². The second-order valence-corrected chi connectivity index (χ2v) is 21.3. The predicted molar refractivity (Wildman–Crippen MR) is 278 cm³/mol. The maximum atomic E-state index is 14.7. The third-order valence-corrected chi connectivity index (χ3v) is 13.7. The van der Waals surface area contributed by atoms with E-state index in [2.05, 4.69) is 10.6 Å². The Labute approximate surface area is 427 Å². The summed E-state index contributed by atoms with van der Waals surface area (Å²) in [5.74, 6) is 3.42. The molecule has 1 aliphatic carbocycles. The van der Waals surface area contributed by atoms with E-state index in [1.54, 1.807) is 26.1 Å². The largest absolute Gasteiger partial charge is 0.483 e. The van der Waals surface area contributed by atoms with Gasteiger partial charge in [-0.25, -0.2) is 5.84 Å². The summed E-state index contributed by atoms with van der Waals surface area (Å²) >= 11 is 0. The topological polar surface area (TPSA) is 209 Å². The van der Waals surface area contributed by atoms with Crippen LogP contribution in [0.4, 0.5) is 0 Å². The van der Waals surface area contributed by atoms with Crippen molar-refractivity contribution in [2.24, 2.45) is 40.7 Å². The summed E-state index contributed by atoms with van der Waals surface area (Å²) in [6, 6.07) is 23.1. The zero-order valence-electron chi connectivity index (χ0n) is 43.8. The van der Waals surface area contributed by atoms with Crippen molar-refractivity contribution in [3.05, 3.63) is 107 Å². The predicted octanol–water partition coefficient (Wildman–Crippen LogP) is 6.79. The Balaban J connectivity index is 1.37. The third-order valence-electron chi connectivity index (χ3n) is 13.7. The third kappa shape index (κ3) is 18.3. The average Bonchev–Trinajstić information content (AvgIpc) is 4.09. The first-order valence-electron chi connectivity index (χ1n) is 25.9. The van der Waals surface area contributed by atoms with Gasteiger partial charge in [-0.1, -0.05) is 102 Å². The number of ketones is 3. The number of rotatable bonds is 30. The summed E-state index contributed by atoms with van der Waals surface area (Å²) < 4.78 is 17.8. The number of amides is 2. The molecule has 4 atom stereocenters. The van der Waals surface area contributed by atoms with E-state index in [0.29, 0.717) is 74.5 Å². The fourth-order valence-corrected chi connectivity index (χ4v) is 9.44. The number of hydrogen-bond acceptors (Lipinski definition) is 12. The van der Waals surface area contributed by atoms with Crippen LogP contribution >= 0.6 is 0 Å². The molecular weight excluding hydrogens is 913 g/mol. The van der Waals surface area contributed by atoms with Crippen LogP contribution in [0.1, 0.15) is 110 Å². The summed E-state index contributed by atoms with van der Waals surface area (Å²) in [5, 5.41) is 7.49. The number of esters is 1. The van der Waals surface area contributed by atoms with Gasteiger partial charge in [0.1, 0.15) is 32.8 Å². The second-order valence-electron chi connectivity index (χ2n) is 21.3. The van der Waals surface area contributed by atoms with Crippen molar-refractivity contribution >= 4 is 35.1 Å². The molecule has 2 amide bonds. The fraction of sp³-hybridized carbons (Fsp3) is 0.544. The summed E-state index contributed by atoms with van der Waals surface area (Å²) in [5.41, 5.74) is 8.77. The lowest BCUT2D eigenvalue weighted by molar-refractivity contribution is -0.940. The molecule has 5 rings (SSSR count). The Morgan fingerprint density at radius 2 is 1.39 bits per heavy atom. The number of Topliss-reactive ketones (excluding diaryl/α,β-unsaturated/α-hetero) is 3. The van der Waals surface area contributed by atoms with Gasteiger partial charge >= 0.3 is 5.97 Å². The van der Waals surface area contributed by atoms with Crippen molar-refractivity contribution in [2.45, 2.75) is 124 Å². The maximum absolute atomic E-state index is 14.7. The van der Waals surface area contributed by atoms with E-state index in [4.69, 9.17) is 25.8 Å². The number of carbonyl (C=O) groups is 6. The molecule has 0 aromatic heterocycles. The molecule has 15 heteroatoms. The number of aryl methyl sites for hydroxylation is 1. The molecule has 0 radical (unpaired) electrons. The van der Waals surface area contributed by atoms with Gasteiger partial charge in [0.15, 0.2) is 28.8 Å². The highest BCUT2D eigenvalue weighted by atomic mass is 16.6. The standard InChI is InChI=1S/C57H80N6O9/c1-8-53(66)72-51-22-20-43(32-52(51)71-38-46(58)35-62(7)59)36-63(25-27-70-28-26-63)37-47(64)33-44(21-19-41-15-11-9-12-16-41)55(68)60-48(29-39(2)3)50(65)34-45(31-42-17-13-10-14-18-42)56(69)61-49(30-40(4)5)54(67)57(6)23-24-57/h9-18,20,22,32,35,39-40,44-45,48-49H,8,19,21,23-31,33-34,36-38,58-59H2,1-7H3,(H-,60,61,68,69)/p+1/b46-35-/t44-,45-,48+,49+/m1/s1. The average molecular weight is 994 g/mol. The number of nitrogens with two attached hydrogens (primary N) is 2. The fourth-order valence-electron chi connectivity index (χ4n) is 9.44. The number of morpholine rings is 1. The molecule has 15 nitrogen and oxygen atoms in total. The zero-order valence-corrected chi connectivity index (χ0v) is 43.8. The smallest absolute Gasteiger partial charge is 0.311 e. The molecule has 1 aliphatic heterocycles. The van der Waals surface area contributed by atoms with E-state index >= 15 is 0 Å². The quantitative estimate of drug-likeness (QED) is 0.0179. The number of ether oxygens (including phenoxy) is 3. The summed E-state index contributed by atoms with van der Waals surface area (Å²) in [6.45, 7) is 14.2. The molecule has 1 saturated carbocycles. The van der Waals surface area contributed by atoms with Crippen molar-refractivity contribution in [3.63, 3.8) is 0 Å². The van der Waals surface area contributed by atoms with Crippen LogP contribution in [0.15, 0.2) is 90.8 Å². The minimum Gasteiger partial charge on any atom is -0.483 e. The van der Waals surface area contributed by atoms with Gasteiger partial charge in [0.05, 0.1) is 31.0 Å². The van der Waals surface area contributed by atoms with E-state index < -0.39 is 35.3 Å². The first kappa shape index (κ1) is 57.0. The SMILES string of the molecule is CCC(=O)Oc1ccc(C[N+]2(CC(=O)C[C@@H](CCc3ccccc3)C(=O)N[C@@H](CC(C)C)C(=O)C[C@@H](Cc3ccccc3)C(=O)N[C@@H](CC(C)C)C(=O)C3(C)CC3)CCOCC2)cc1OC/C(N)=C/N(C)N. The van der Waals surface area contributed by atoms with Gasteiger partial charge in [0.2, 0.25) is 11.8 Å². The second kappa shape index (κ2) is 27.2. The number of hydrogen-bond donors (Lipinski definition) is 4. The van der Waals surface area contributed by atoms with Crippen LogP contribution < -0.4 is 31.7 Å². The van der Waals surface area contributed by atoms with Crippen LogP contribution in [0.25, 0.3) is 0 Å². The van der Waals surface area contributed by atoms with E-state index in [1.807, 2.05) is 101 Å². The van der Waals surface area contributed by atoms with Crippen molar-refractivity contribution in [2.75, 3.05) is 46.5 Å². The molecule has 0 unspecified atom stereocenters. The molecule has 3 aromatic carbocycles. The molecule has 2 aliphatic rings. The lowest BCUT2D eigenvalue weighted by Gasteiger charge is -2.41. The lowest BCUT2D eigenvalue weighted by atomic mass is 9.87. The summed E-state index contributed by atoms with van der Waals surface area (Å²) in [6.07, 6.45) is 5.10. The molecule has 72 heavy (non-hydrogen) atoms. The van der Waals surface area contributed by atoms with Gasteiger partial charge in [0.25, 0.3) is 0 Å². The molecule has 0 spiro atoms. The Hall–Kier alpha value is -5.90. The highest BCUT2D eigenvalue weighted by Gasteiger charge is 2.48. The lowest BCUT2D eigenvalue weighted by Crippen LogP contribution is -2.57. The highest BCUT2D eigenvalue weighted by molar-refractivity contribution is 5.97. The molecule has 2 fully saturated rings. The molecule has 1 heterocycles. The Kier molecular flexibility index (Phi) is 21.6. The van der Waals surface area contributed by atoms with Crippen LogP contribution in [-0.4, -0.2) is 103 Å². The summed E-state index contributed by atoms with van der Waals surface area (Å²) in [7, 11) is 1.63. The number of benzene rings is 3. The van der Waals surface area contributed by atoms with Gasteiger partial charge < -0.3 is 40.1 Å². The minimum atomic E-state index is -0.910. The Morgan fingerprint density at radius 3 is 1.99 bits per heavy atom. The number of nitrogens with one attached hydrogen (secondary N) is 2.